The predicted octanol–water partition coefficient (Wildman–Crippen LogP) is 17.2. The van der Waals surface area contributed by atoms with E-state index in [1.807, 2.05) is 0 Å². The van der Waals surface area contributed by atoms with Crippen LogP contribution < -0.4 is 4.90 Å². The second-order valence-corrected chi connectivity index (χ2v) is 20.7. The molecule has 0 saturated heterocycles. The second kappa shape index (κ2) is 12.4. The van der Waals surface area contributed by atoms with E-state index in [4.69, 9.17) is 4.42 Å². The van der Waals surface area contributed by atoms with Gasteiger partial charge in [0.15, 0.2) is 5.58 Å². The van der Waals surface area contributed by atoms with E-state index in [1.165, 1.54) is 105 Å². The van der Waals surface area contributed by atoms with E-state index < -0.39 is 0 Å². The Morgan fingerprint density at radius 1 is 0.359 bits per heavy atom. The van der Waals surface area contributed by atoms with Crippen LogP contribution in [0.5, 0.6) is 0 Å². The number of para-hydroxylation sites is 2. The molecule has 1 aromatic heterocycles. The van der Waals surface area contributed by atoms with E-state index in [1.54, 1.807) is 0 Å². The number of aryl methyl sites for hydroxylation is 3. The summed E-state index contributed by atoms with van der Waals surface area (Å²) in [7, 11) is 0. The highest BCUT2D eigenvalue weighted by Gasteiger charge is 2.45. The van der Waals surface area contributed by atoms with Crippen LogP contribution in [0.25, 0.3) is 76.9 Å². The number of fused-ring (bicyclic) bond motifs is 16. The highest BCUT2D eigenvalue weighted by atomic mass is 16.3. The van der Waals surface area contributed by atoms with Gasteiger partial charge in [0.1, 0.15) is 5.58 Å². The second-order valence-electron chi connectivity index (χ2n) is 20.7. The maximum atomic E-state index is 6.80. The van der Waals surface area contributed by atoms with Gasteiger partial charge >= 0.3 is 0 Å². The van der Waals surface area contributed by atoms with Gasteiger partial charge < -0.3 is 9.32 Å². The van der Waals surface area contributed by atoms with Crippen LogP contribution in [0.2, 0.25) is 0 Å². The standard InChI is InChI=1S/C62H51NO/c1-34-25-26-53(36(3)27-34)63(54-23-16-22-42-39-19-14-15-24-56(39)64-59(42)54)55-33-52-58(41-21-13-11-18-38(41)55)46-32-48-44(30-50(46)62(52,8)9)43-29-49-45(31-47(43)60(48,4)5)57-40-20-12-10-17-37(40)35(2)28-51(57)61(49,6)7/h10-33H,1-9H3. The highest BCUT2D eigenvalue weighted by Crippen LogP contribution is 2.62. The van der Waals surface area contributed by atoms with Gasteiger partial charge in [0, 0.05) is 38.1 Å². The SMILES string of the molecule is Cc1ccc(N(c2cc3c(c4ccccc24)-c2cc4c(cc2C3(C)C)-c2cc3c(cc2C4(C)C)-c2c(cc(C)c4ccccc24)C3(C)C)c2cccc3c2oc2ccccc23)c(C)c1. The van der Waals surface area contributed by atoms with Crippen molar-refractivity contribution < 1.29 is 4.42 Å². The molecule has 64 heavy (non-hydrogen) atoms. The third-order valence-electron chi connectivity index (χ3n) is 15.9. The van der Waals surface area contributed by atoms with Gasteiger partial charge in [-0.15, -0.1) is 0 Å². The summed E-state index contributed by atoms with van der Waals surface area (Å²) in [6.45, 7) is 21.3. The molecule has 2 heteroatoms. The Kier molecular flexibility index (Phi) is 7.30. The quantitative estimate of drug-likeness (QED) is 0.176. The van der Waals surface area contributed by atoms with Crippen LogP contribution in [-0.4, -0.2) is 0 Å². The van der Waals surface area contributed by atoms with Crippen molar-refractivity contribution in [3.8, 4) is 33.4 Å². The average Bonchev–Trinajstić information content (AvgIpc) is 3.92. The summed E-state index contributed by atoms with van der Waals surface area (Å²) in [4.78, 5) is 2.48. The molecule has 0 bridgehead atoms. The lowest BCUT2D eigenvalue weighted by Crippen LogP contribution is -2.18. The van der Waals surface area contributed by atoms with Crippen molar-refractivity contribution >= 4 is 60.5 Å². The molecule has 0 aliphatic heterocycles. The Balaban J connectivity index is 1.04. The molecule has 0 N–H and O–H groups in total. The van der Waals surface area contributed by atoms with E-state index in [9.17, 15) is 0 Å². The van der Waals surface area contributed by atoms with Crippen LogP contribution in [0.3, 0.4) is 0 Å². The number of benzene rings is 9. The predicted molar refractivity (Wildman–Crippen MR) is 270 cm³/mol. The lowest BCUT2D eigenvalue weighted by atomic mass is 9.78. The molecule has 1 heterocycles. The Hall–Kier alpha value is -6.90. The average molecular weight is 826 g/mol. The summed E-state index contributed by atoms with van der Waals surface area (Å²) in [6.07, 6.45) is 0. The van der Waals surface area contributed by atoms with E-state index in [-0.39, 0.29) is 16.2 Å². The van der Waals surface area contributed by atoms with Gasteiger partial charge in [0.25, 0.3) is 0 Å². The lowest BCUT2D eigenvalue weighted by molar-refractivity contribution is 0.649. The fourth-order valence-corrected chi connectivity index (χ4v) is 12.6. The third kappa shape index (κ3) is 4.71. The maximum Gasteiger partial charge on any atom is 0.159 e. The van der Waals surface area contributed by atoms with Crippen LogP contribution >= 0.6 is 0 Å². The topological polar surface area (TPSA) is 16.4 Å². The molecule has 0 saturated carbocycles. The molecular weight excluding hydrogens is 775 g/mol. The fraction of sp³-hybridized carbons (Fsp3) is 0.194. The van der Waals surface area contributed by atoms with E-state index >= 15 is 0 Å². The zero-order valence-corrected chi connectivity index (χ0v) is 38.2. The molecule has 0 fully saturated rings. The summed E-state index contributed by atoms with van der Waals surface area (Å²) in [5.74, 6) is 0. The molecule has 13 rings (SSSR count). The van der Waals surface area contributed by atoms with E-state index in [2.05, 4.69) is 213 Å². The summed E-state index contributed by atoms with van der Waals surface area (Å²) >= 11 is 0. The maximum absolute atomic E-state index is 6.80. The molecule has 0 radical (unpaired) electrons. The number of hydrogen-bond donors (Lipinski definition) is 0. The van der Waals surface area contributed by atoms with Gasteiger partial charge in [-0.2, -0.15) is 0 Å². The lowest BCUT2D eigenvalue weighted by Gasteiger charge is -2.31. The van der Waals surface area contributed by atoms with Crippen LogP contribution in [0, 0.1) is 20.8 Å². The van der Waals surface area contributed by atoms with Gasteiger partial charge in [-0.25, -0.2) is 0 Å². The molecule has 9 aromatic carbocycles. The number of hydrogen-bond acceptors (Lipinski definition) is 2. The smallest absolute Gasteiger partial charge is 0.159 e. The summed E-state index contributed by atoms with van der Waals surface area (Å²) in [5, 5.41) is 7.48. The molecule has 310 valence electrons. The molecule has 0 unspecified atom stereocenters. The van der Waals surface area contributed by atoms with Crippen molar-refractivity contribution in [3.63, 3.8) is 0 Å². The number of rotatable bonds is 3. The monoisotopic (exact) mass is 825 g/mol. The normalized spacial score (nSPS) is 15.6. The van der Waals surface area contributed by atoms with Crippen LogP contribution in [0.4, 0.5) is 17.1 Å². The fourth-order valence-electron chi connectivity index (χ4n) is 12.6. The molecule has 10 aromatic rings. The first kappa shape index (κ1) is 37.6. The van der Waals surface area contributed by atoms with Crippen molar-refractivity contribution in [2.45, 2.75) is 78.6 Å². The first-order valence-corrected chi connectivity index (χ1v) is 23.0. The van der Waals surface area contributed by atoms with Crippen molar-refractivity contribution in [3.05, 3.63) is 196 Å². The van der Waals surface area contributed by atoms with Crippen molar-refractivity contribution in [1.29, 1.82) is 0 Å². The van der Waals surface area contributed by atoms with Crippen LogP contribution in [-0.2, 0) is 16.2 Å². The first-order chi connectivity index (χ1) is 30.7. The first-order valence-electron chi connectivity index (χ1n) is 23.0. The number of anilines is 3. The molecule has 0 amide bonds. The molecule has 3 aliphatic carbocycles. The summed E-state index contributed by atoms with van der Waals surface area (Å²) in [6, 6.07) is 55.3. The third-order valence-corrected chi connectivity index (χ3v) is 15.9. The minimum Gasteiger partial charge on any atom is -0.454 e. The van der Waals surface area contributed by atoms with Gasteiger partial charge in [0.2, 0.25) is 0 Å². The van der Waals surface area contributed by atoms with Gasteiger partial charge in [-0.05, 0) is 163 Å². The largest absolute Gasteiger partial charge is 0.454 e. The van der Waals surface area contributed by atoms with Gasteiger partial charge in [-0.1, -0.05) is 144 Å². The summed E-state index contributed by atoms with van der Waals surface area (Å²) < 4.78 is 6.80. The zero-order chi connectivity index (χ0) is 43.8. The Bertz CT molecular complexity index is 3740. The van der Waals surface area contributed by atoms with Crippen molar-refractivity contribution in [2.24, 2.45) is 0 Å². The van der Waals surface area contributed by atoms with E-state index in [0.29, 0.717) is 0 Å². The van der Waals surface area contributed by atoms with Crippen molar-refractivity contribution in [1.82, 2.24) is 0 Å². The van der Waals surface area contributed by atoms with Gasteiger partial charge in [-0.3, -0.25) is 0 Å². The van der Waals surface area contributed by atoms with Gasteiger partial charge in [0.05, 0.1) is 11.4 Å². The van der Waals surface area contributed by atoms with E-state index in [0.717, 1.165) is 39.0 Å². The zero-order valence-electron chi connectivity index (χ0n) is 38.2. The minimum absolute atomic E-state index is 0.114. The van der Waals surface area contributed by atoms with Crippen molar-refractivity contribution in [2.75, 3.05) is 4.90 Å². The number of nitrogens with zero attached hydrogens (tertiary/aromatic N) is 1. The Morgan fingerprint density at radius 2 is 0.859 bits per heavy atom. The molecular formula is C62H51NO. The molecule has 0 atom stereocenters. The van der Waals surface area contributed by atoms with Crippen LogP contribution in [0.1, 0.15) is 91.6 Å². The Labute approximate surface area is 375 Å². The number of furan rings is 1. The summed E-state index contributed by atoms with van der Waals surface area (Å²) in [5.41, 5.74) is 25.2. The molecule has 2 nitrogen and oxygen atoms in total. The molecule has 0 spiro atoms. The Morgan fingerprint density at radius 3 is 1.50 bits per heavy atom. The molecule has 3 aliphatic rings. The highest BCUT2D eigenvalue weighted by molar-refractivity contribution is 6.15. The minimum atomic E-state index is -0.270. The van der Waals surface area contributed by atoms with Crippen LogP contribution in [0.15, 0.2) is 150 Å².